The average molecular weight is 463 g/mol. The number of fused-ring (bicyclic) bond motifs is 1. The van der Waals surface area contributed by atoms with Gasteiger partial charge >= 0.3 is 0 Å². The Kier molecular flexibility index (Phi) is 7.11. The monoisotopic (exact) mass is 462 g/mol. The van der Waals surface area contributed by atoms with Gasteiger partial charge in [-0.2, -0.15) is 0 Å². The maximum Gasteiger partial charge on any atom is 0.222 e. The molecule has 0 bridgehead atoms. The highest BCUT2D eigenvalue weighted by atomic mass is 16.5. The lowest BCUT2D eigenvalue weighted by Crippen LogP contribution is -2.31. The molecule has 9 heteroatoms. The first-order valence-corrected chi connectivity index (χ1v) is 11.9. The number of aliphatic hydroxyl groups is 1. The maximum atomic E-state index is 9.13. The number of hydrogen-bond donors (Lipinski definition) is 3. The molecule has 0 radical (unpaired) electrons. The van der Waals surface area contributed by atoms with Crippen LogP contribution in [0.15, 0.2) is 43.0 Å². The molecule has 0 unspecified atom stereocenters. The van der Waals surface area contributed by atoms with E-state index in [0.717, 1.165) is 66.7 Å². The standard InChI is InChI=1S/C25H30N6O3/c32-10-9-26-20-13-22-24(28-8-7-27-22)23(14-20)34-21-3-1-19(2-4-21)31-25-29-15-18(16-30-25)17-5-11-33-12-6-17/h5,7-8,13-16,19,21,26,32H,1-4,6,9-12H2,(H,29,30,31). The summed E-state index contributed by atoms with van der Waals surface area (Å²) in [6.45, 7) is 1.94. The summed E-state index contributed by atoms with van der Waals surface area (Å²) in [5, 5.41) is 15.8. The van der Waals surface area contributed by atoms with E-state index >= 15 is 0 Å². The molecule has 1 aliphatic carbocycles. The van der Waals surface area contributed by atoms with Crippen molar-refractivity contribution in [3.8, 4) is 5.75 Å². The van der Waals surface area contributed by atoms with Crippen molar-refractivity contribution in [3.63, 3.8) is 0 Å². The first-order chi connectivity index (χ1) is 16.8. The molecule has 0 atom stereocenters. The van der Waals surface area contributed by atoms with Crippen molar-refractivity contribution in [1.29, 1.82) is 0 Å². The van der Waals surface area contributed by atoms with Gasteiger partial charge in [-0.1, -0.05) is 6.08 Å². The van der Waals surface area contributed by atoms with Crippen molar-refractivity contribution in [3.05, 3.63) is 48.6 Å². The minimum absolute atomic E-state index is 0.0605. The fraction of sp³-hybridized carbons (Fsp3) is 0.440. The zero-order valence-corrected chi connectivity index (χ0v) is 19.1. The minimum Gasteiger partial charge on any atom is -0.488 e. The fourth-order valence-electron chi connectivity index (χ4n) is 4.48. The lowest BCUT2D eigenvalue weighted by Gasteiger charge is -2.29. The summed E-state index contributed by atoms with van der Waals surface area (Å²) in [6, 6.07) is 4.19. The van der Waals surface area contributed by atoms with Gasteiger partial charge in [0.15, 0.2) is 0 Å². The highest BCUT2D eigenvalue weighted by Gasteiger charge is 2.24. The first kappa shape index (κ1) is 22.5. The van der Waals surface area contributed by atoms with Crippen LogP contribution in [0.5, 0.6) is 5.75 Å². The van der Waals surface area contributed by atoms with Gasteiger partial charge in [-0.15, -0.1) is 0 Å². The Hall–Kier alpha value is -3.30. The highest BCUT2D eigenvalue weighted by Crippen LogP contribution is 2.31. The number of anilines is 2. The Balaban J connectivity index is 1.18. The molecule has 0 saturated heterocycles. The topological polar surface area (TPSA) is 114 Å². The van der Waals surface area contributed by atoms with Gasteiger partial charge in [0.05, 0.1) is 31.4 Å². The molecular formula is C25H30N6O3. The van der Waals surface area contributed by atoms with Crippen LogP contribution in [0.4, 0.5) is 11.6 Å². The first-order valence-electron chi connectivity index (χ1n) is 11.9. The number of hydrogen-bond acceptors (Lipinski definition) is 9. The van der Waals surface area contributed by atoms with Crippen molar-refractivity contribution in [2.24, 2.45) is 0 Å². The molecule has 2 aromatic heterocycles. The van der Waals surface area contributed by atoms with Crippen molar-refractivity contribution in [1.82, 2.24) is 19.9 Å². The fourth-order valence-corrected chi connectivity index (χ4v) is 4.48. The van der Waals surface area contributed by atoms with Crippen LogP contribution in [0.2, 0.25) is 0 Å². The van der Waals surface area contributed by atoms with E-state index in [1.54, 1.807) is 12.4 Å². The molecule has 2 aliphatic rings. The number of aromatic nitrogens is 4. The summed E-state index contributed by atoms with van der Waals surface area (Å²) >= 11 is 0. The van der Waals surface area contributed by atoms with E-state index in [1.165, 1.54) is 5.57 Å². The van der Waals surface area contributed by atoms with E-state index in [-0.39, 0.29) is 12.7 Å². The van der Waals surface area contributed by atoms with Crippen LogP contribution in [0.3, 0.4) is 0 Å². The van der Waals surface area contributed by atoms with Crippen LogP contribution in [0.25, 0.3) is 16.6 Å². The van der Waals surface area contributed by atoms with Crippen molar-refractivity contribution < 1.29 is 14.6 Å². The second-order valence-electron chi connectivity index (χ2n) is 8.63. The van der Waals surface area contributed by atoms with E-state index in [2.05, 4.69) is 36.6 Å². The van der Waals surface area contributed by atoms with Gasteiger partial charge in [0.2, 0.25) is 5.95 Å². The van der Waals surface area contributed by atoms with Crippen LogP contribution < -0.4 is 15.4 Å². The van der Waals surface area contributed by atoms with Crippen LogP contribution >= 0.6 is 0 Å². The predicted molar refractivity (Wildman–Crippen MR) is 131 cm³/mol. The third-order valence-corrected chi connectivity index (χ3v) is 6.27. The van der Waals surface area contributed by atoms with E-state index < -0.39 is 0 Å². The summed E-state index contributed by atoms with van der Waals surface area (Å²) in [6.07, 6.45) is 14.1. The molecule has 0 spiro atoms. The maximum absolute atomic E-state index is 9.13. The van der Waals surface area contributed by atoms with E-state index in [9.17, 15) is 0 Å². The number of ether oxygens (including phenoxy) is 2. The normalized spacial score (nSPS) is 20.6. The molecule has 178 valence electrons. The molecular weight excluding hydrogens is 432 g/mol. The van der Waals surface area contributed by atoms with Crippen LogP contribution in [0, 0.1) is 0 Å². The van der Waals surface area contributed by atoms with Gasteiger partial charge < -0.3 is 25.2 Å². The molecule has 3 N–H and O–H groups in total. The summed E-state index contributed by atoms with van der Waals surface area (Å²) < 4.78 is 11.8. The van der Waals surface area contributed by atoms with Gasteiger partial charge in [-0.25, -0.2) is 15.0 Å². The number of nitrogens with zero attached hydrogens (tertiary/aromatic N) is 4. The Bertz CT molecular complexity index is 1130. The van der Waals surface area contributed by atoms with E-state index in [0.29, 0.717) is 25.1 Å². The average Bonchev–Trinajstić information content (AvgIpc) is 2.89. The lowest BCUT2D eigenvalue weighted by atomic mass is 9.93. The van der Waals surface area contributed by atoms with E-state index in [4.69, 9.17) is 14.6 Å². The molecule has 1 aliphatic heterocycles. The quantitative estimate of drug-likeness (QED) is 0.463. The van der Waals surface area contributed by atoms with Crippen molar-refractivity contribution in [2.45, 2.75) is 44.2 Å². The van der Waals surface area contributed by atoms with Crippen molar-refractivity contribution >= 4 is 28.2 Å². The van der Waals surface area contributed by atoms with Crippen molar-refractivity contribution in [2.75, 3.05) is 37.0 Å². The second kappa shape index (κ2) is 10.8. The molecule has 1 saturated carbocycles. The SMILES string of the molecule is OCCNc1cc(OC2CCC(Nc3ncc(C4=CCOCC4)cn3)CC2)c2nccnc2c1. The van der Waals surface area contributed by atoms with Gasteiger partial charge in [0.1, 0.15) is 11.3 Å². The number of rotatable bonds is 8. The highest BCUT2D eigenvalue weighted by molar-refractivity contribution is 5.85. The summed E-state index contributed by atoms with van der Waals surface area (Å²) in [5.74, 6) is 1.40. The number of aliphatic hydroxyl groups excluding tert-OH is 1. The molecule has 5 rings (SSSR count). The summed E-state index contributed by atoms with van der Waals surface area (Å²) in [4.78, 5) is 18.0. The summed E-state index contributed by atoms with van der Waals surface area (Å²) in [5.41, 5.74) is 4.71. The molecule has 9 nitrogen and oxygen atoms in total. The number of benzene rings is 1. The third kappa shape index (κ3) is 5.43. The number of nitrogens with one attached hydrogen (secondary N) is 2. The molecule has 1 aromatic carbocycles. The van der Waals surface area contributed by atoms with Crippen LogP contribution in [-0.4, -0.2) is 63.6 Å². The zero-order chi connectivity index (χ0) is 23.2. The molecule has 1 fully saturated rings. The Morgan fingerprint density at radius 1 is 1.03 bits per heavy atom. The zero-order valence-electron chi connectivity index (χ0n) is 19.1. The lowest BCUT2D eigenvalue weighted by molar-refractivity contribution is 0.151. The van der Waals surface area contributed by atoms with Gasteiger partial charge in [0, 0.05) is 54.7 Å². The molecule has 3 aromatic rings. The van der Waals surface area contributed by atoms with Gasteiger partial charge in [-0.05, 0) is 43.7 Å². The third-order valence-electron chi connectivity index (χ3n) is 6.27. The molecule has 3 heterocycles. The molecule has 34 heavy (non-hydrogen) atoms. The summed E-state index contributed by atoms with van der Waals surface area (Å²) in [7, 11) is 0. The van der Waals surface area contributed by atoms with Gasteiger partial charge in [-0.3, -0.25) is 4.98 Å². The Morgan fingerprint density at radius 3 is 2.62 bits per heavy atom. The Labute approximate surface area is 198 Å². The second-order valence-corrected chi connectivity index (χ2v) is 8.63. The Morgan fingerprint density at radius 2 is 1.85 bits per heavy atom. The largest absolute Gasteiger partial charge is 0.488 e. The van der Waals surface area contributed by atoms with Gasteiger partial charge in [0.25, 0.3) is 0 Å². The predicted octanol–water partition coefficient (Wildman–Crippen LogP) is 3.43. The molecule has 0 amide bonds. The van der Waals surface area contributed by atoms with E-state index in [1.807, 2.05) is 24.5 Å². The minimum atomic E-state index is 0.0605. The smallest absolute Gasteiger partial charge is 0.222 e. The van der Waals surface area contributed by atoms with Crippen LogP contribution in [0.1, 0.15) is 37.7 Å². The van der Waals surface area contributed by atoms with Crippen LogP contribution in [-0.2, 0) is 4.74 Å².